The number of anilines is 2. The summed E-state index contributed by atoms with van der Waals surface area (Å²) < 4.78 is 48.6. The second-order valence-electron chi connectivity index (χ2n) is 7.60. The van der Waals surface area contributed by atoms with Gasteiger partial charge in [0.2, 0.25) is 5.95 Å². The molecule has 2 aromatic heterocycles. The summed E-state index contributed by atoms with van der Waals surface area (Å²) >= 11 is 6.98. The van der Waals surface area contributed by atoms with Gasteiger partial charge in [0.05, 0.1) is 31.8 Å². The van der Waals surface area contributed by atoms with Gasteiger partial charge in [-0.25, -0.2) is 4.98 Å². The van der Waals surface area contributed by atoms with E-state index in [4.69, 9.17) is 16.3 Å². The highest BCUT2D eigenvalue weighted by molar-refractivity contribution is 7.15. The van der Waals surface area contributed by atoms with Crippen molar-refractivity contribution in [2.45, 2.75) is 57.7 Å². The Hall–Kier alpha value is -1.85. The van der Waals surface area contributed by atoms with Gasteiger partial charge in [-0.05, 0) is 20.3 Å². The van der Waals surface area contributed by atoms with E-state index < -0.39 is 12.2 Å². The number of thiazole rings is 1. The second-order valence-corrected chi connectivity index (χ2v) is 9.30. The van der Waals surface area contributed by atoms with E-state index in [1.807, 2.05) is 18.7 Å². The lowest BCUT2D eigenvalue weighted by atomic mass is 10.1. The zero-order chi connectivity index (χ0) is 21.6. The minimum absolute atomic E-state index is 0.0153. The number of hydrogen-bond acceptors (Lipinski definition) is 7. The minimum Gasteiger partial charge on any atom is -0.377 e. The molecule has 12 heteroatoms. The summed E-state index contributed by atoms with van der Waals surface area (Å²) in [4.78, 5) is 24.9. The normalized spacial score (nSPS) is 24.8. The smallest absolute Gasteiger partial charge is 0.377 e. The van der Waals surface area contributed by atoms with Crippen LogP contribution in [0.2, 0.25) is 4.47 Å². The van der Waals surface area contributed by atoms with E-state index in [9.17, 15) is 18.0 Å². The Kier molecular flexibility index (Phi) is 5.71. The average molecular weight is 464 g/mol. The molecule has 0 bridgehead atoms. The molecular formula is C18H21ClF3N5O2S. The number of hydrogen-bond donors (Lipinski definition) is 0. The van der Waals surface area contributed by atoms with Crippen LogP contribution < -0.4 is 15.4 Å². The van der Waals surface area contributed by atoms with Crippen LogP contribution in [-0.4, -0.2) is 52.1 Å². The van der Waals surface area contributed by atoms with Crippen LogP contribution in [0.3, 0.4) is 0 Å². The molecule has 1 saturated heterocycles. The van der Waals surface area contributed by atoms with Gasteiger partial charge in [-0.15, -0.1) is 11.3 Å². The molecular weight excluding hydrogens is 443 g/mol. The number of aromatic nitrogens is 3. The molecule has 4 rings (SSSR count). The Morgan fingerprint density at radius 2 is 2.00 bits per heavy atom. The van der Waals surface area contributed by atoms with E-state index in [0.717, 1.165) is 16.2 Å². The molecule has 0 unspecified atom stereocenters. The molecule has 0 aromatic carbocycles. The monoisotopic (exact) mass is 463 g/mol. The standard InChI is InChI=1S/C18H21ClF3N5O2S/c1-10-8-29-9-11(2)27(10)14-5-15(28)25-4-3-13(18(20,21)22)26(17(25)24-14)7-12-6-23-16(19)30-12/h5-6,10-11,13H,3-4,7-9H2,1-2H3/t10-,11-,13+/m1/s1. The fourth-order valence-electron chi connectivity index (χ4n) is 4.09. The largest absolute Gasteiger partial charge is 0.408 e. The molecule has 164 valence electrons. The van der Waals surface area contributed by atoms with Crippen molar-refractivity contribution in [3.05, 3.63) is 32.0 Å². The van der Waals surface area contributed by atoms with Crippen molar-refractivity contribution in [1.82, 2.24) is 14.5 Å². The molecule has 2 aromatic rings. The summed E-state index contributed by atoms with van der Waals surface area (Å²) in [6, 6.07) is -0.462. The molecule has 2 aliphatic rings. The van der Waals surface area contributed by atoms with E-state index in [-0.39, 0.29) is 47.6 Å². The minimum atomic E-state index is -4.47. The van der Waals surface area contributed by atoms with Gasteiger partial charge < -0.3 is 14.5 Å². The quantitative estimate of drug-likeness (QED) is 0.696. The molecule has 0 radical (unpaired) electrons. The number of ether oxygens (including phenoxy) is 1. The molecule has 0 N–H and O–H groups in total. The van der Waals surface area contributed by atoms with Gasteiger partial charge in [-0.2, -0.15) is 18.2 Å². The van der Waals surface area contributed by atoms with Crippen LogP contribution in [0.25, 0.3) is 0 Å². The maximum atomic E-state index is 13.9. The van der Waals surface area contributed by atoms with E-state index in [2.05, 4.69) is 9.97 Å². The summed E-state index contributed by atoms with van der Waals surface area (Å²) in [5.41, 5.74) is -0.367. The highest BCUT2D eigenvalue weighted by atomic mass is 35.5. The lowest BCUT2D eigenvalue weighted by Gasteiger charge is -2.42. The van der Waals surface area contributed by atoms with Crippen LogP contribution >= 0.6 is 22.9 Å². The second kappa shape index (κ2) is 8.01. The predicted molar refractivity (Wildman–Crippen MR) is 108 cm³/mol. The van der Waals surface area contributed by atoms with Crippen molar-refractivity contribution >= 4 is 34.7 Å². The zero-order valence-corrected chi connectivity index (χ0v) is 18.0. The van der Waals surface area contributed by atoms with Crippen molar-refractivity contribution in [3.8, 4) is 0 Å². The van der Waals surface area contributed by atoms with Crippen LogP contribution in [0.4, 0.5) is 24.9 Å². The third-order valence-corrected chi connectivity index (χ3v) is 6.50. The first-order valence-electron chi connectivity index (χ1n) is 9.56. The van der Waals surface area contributed by atoms with Crippen molar-refractivity contribution < 1.29 is 17.9 Å². The molecule has 3 atom stereocenters. The molecule has 0 aliphatic carbocycles. The van der Waals surface area contributed by atoms with Crippen LogP contribution in [0.1, 0.15) is 25.1 Å². The molecule has 0 saturated carbocycles. The Morgan fingerprint density at radius 1 is 1.30 bits per heavy atom. The summed E-state index contributed by atoms with van der Waals surface area (Å²) in [5, 5.41) is 0. The van der Waals surface area contributed by atoms with E-state index >= 15 is 0 Å². The maximum absolute atomic E-state index is 13.9. The lowest BCUT2D eigenvalue weighted by Crippen LogP contribution is -2.53. The molecule has 7 nitrogen and oxygen atoms in total. The summed E-state index contributed by atoms with van der Waals surface area (Å²) in [5.74, 6) is 0.381. The van der Waals surface area contributed by atoms with Gasteiger partial charge in [0.15, 0.2) is 4.47 Å². The fourth-order valence-corrected chi connectivity index (χ4v) is 5.07. The third-order valence-electron chi connectivity index (χ3n) is 5.40. The number of halogens is 4. The number of rotatable bonds is 3. The summed E-state index contributed by atoms with van der Waals surface area (Å²) in [6.45, 7) is 4.66. The Bertz CT molecular complexity index is 971. The van der Waals surface area contributed by atoms with Gasteiger partial charge >= 0.3 is 6.18 Å². The van der Waals surface area contributed by atoms with Crippen molar-refractivity contribution in [1.29, 1.82) is 0 Å². The number of nitrogens with zero attached hydrogens (tertiary/aromatic N) is 5. The molecule has 0 spiro atoms. The van der Waals surface area contributed by atoms with Gasteiger partial charge in [-0.1, -0.05) is 11.6 Å². The Balaban J connectivity index is 1.80. The van der Waals surface area contributed by atoms with Crippen molar-refractivity contribution in [2.75, 3.05) is 23.0 Å². The van der Waals surface area contributed by atoms with E-state index in [1.165, 1.54) is 16.8 Å². The SMILES string of the molecule is C[C@@H]1COC[C@@H](C)N1c1cc(=O)n2c(n1)N(Cc1cnc(Cl)s1)[C@H](C(F)(F)F)CC2. The van der Waals surface area contributed by atoms with Crippen LogP contribution in [-0.2, 0) is 17.8 Å². The maximum Gasteiger partial charge on any atom is 0.408 e. The fraction of sp³-hybridized carbons (Fsp3) is 0.611. The number of fused-ring (bicyclic) bond motifs is 1. The Labute approximate surface area is 180 Å². The lowest BCUT2D eigenvalue weighted by molar-refractivity contribution is -0.153. The first-order chi connectivity index (χ1) is 14.1. The highest BCUT2D eigenvalue weighted by Crippen LogP contribution is 2.36. The topological polar surface area (TPSA) is 63.5 Å². The number of alkyl halides is 3. The van der Waals surface area contributed by atoms with E-state index in [1.54, 1.807) is 0 Å². The summed E-state index contributed by atoms with van der Waals surface area (Å²) in [6.07, 6.45) is -3.24. The van der Waals surface area contributed by atoms with Crippen molar-refractivity contribution in [2.24, 2.45) is 0 Å². The van der Waals surface area contributed by atoms with Crippen LogP contribution in [0.5, 0.6) is 0 Å². The van der Waals surface area contributed by atoms with Gasteiger partial charge in [0, 0.05) is 23.7 Å². The zero-order valence-electron chi connectivity index (χ0n) is 16.4. The van der Waals surface area contributed by atoms with Crippen molar-refractivity contribution in [3.63, 3.8) is 0 Å². The van der Waals surface area contributed by atoms with Crippen LogP contribution in [0, 0.1) is 0 Å². The molecule has 2 aliphatic heterocycles. The molecule has 0 amide bonds. The van der Waals surface area contributed by atoms with Crippen LogP contribution in [0.15, 0.2) is 17.1 Å². The van der Waals surface area contributed by atoms with E-state index in [0.29, 0.717) is 23.9 Å². The van der Waals surface area contributed by atoms with Gasteiger partial charge in [0.25, 0.3) is 5.56 Å². The predicted octanol–water partition coefficient (Wildman–Crippen LogP) is 3.31. The molecule has 30 heavy (non-hydrogen) atoms. The Morgan fingerprint density at radius 3 is 2.60 bits per heavy atom. The van der Waals surface area contributed by atoms with Gasteiger partial charge in [-0.3, -0.25) is 9.36 Å². The molecule has 4 heterocycles. The van der Waals surface area contributed by atoms with Gasteiger partial charge in [0.1, 0.15) is 11.9 Å². The first kappa shape index (κ1) is 21.4. The third kappa shape index (κ3) is 4.02. The average Bonchev–Trinajstić information content (AvgIpc) is 3.06. The number of morpholine rings is 1. The molecule has 1 fully saturated rings. The first-order valence-corrected chi connectivity index (χ1v) is 10.8. The highest BCUT2D eigenvalue weighted by Gasteiger charge is 2.47. The summed E-state index contributed by atoms with van der Waals surface area (Å²) in [7, 11) is 0.